The van der Waals surface area contributed by atoms with Gasteiger partial charge in [-0.15, -0.1) is 0 Å². The molecule has 0 aromatic heterocycles. The smallest absolute Gasteiger partial charge is 0.192 e. The first kappa shape index (κ1) is 13.5. The molecule has 0 saturated heterocycles. The van der Waals surface area contributed by atoms with E-state index in [2.05, 4.69) is 52.9 Å². The van der Waals surface area contributed by atoms with Crippen LogP contribution in [0.25, 0.3) is 0 Å². The zero-order valence-electron chi connectivity index (χ0n) is 11.1. The lowest BCUT2D eigenvalue weighted by Crippen LogP contribution is -2.40. The van der Waals surface area contributed by atoms with E-state index < -0.39 is 8.32 Å². The third-order valence-corrected chi connectivity index (χ3v) is 7.91. The second-order valence-electron chi connectivity index (χ2n) is 5.87. The molecule has 0 heterocycles. The van der Waals surface area contributed by atoms with Crippen LogP contribution in [0.4, 0.5) is 0 Å². The highest BCUT2D eigenvalue weighted by Crippen LogP contribution is 2.36. The van der Waals surface area contributed by atoms with Crippen molar-refractivity contribution in [3.63, 3.8) is 0 Å². The Kier molecular flexibility index (Phi) is 3.97. The molecular weight excluding hydrogens is 212 g/mol. The molecule has 1 nitrogen and oxygen atoms in total. The van der Waals surface area contributed by atoms with E-state index in [-0.39, 0.29) is 5.04 Å². The van der Waals surface area contributed by atoms with Gasteiger partial charge in [0.25, 0.3) is 0 Å². The van der Waals surface area contributed by atoms with Crippen LogP contribution in [-0.2, 0) is 11.0 Å². The van der Waals surface area contributed by atoms with Gasteiger partial charge in [-0.2, -0.15) is 0 Å². The summed E-state index contributed by atoms with van der Waals surface area (Å²) in [6, 6.07) is 8.25. The van der Waals surface area contributed by atoms with Gasteiger partial charge in [0.2, 0.25) is 0 Å². The fourth-order valence-electron chi connectivity index (χ4n) is 1.12. The molecule has 89 valence electrons. The van der Waals surface area contributed by atoms with Gasteiger partial charge in [-0.25, -0.2) is 0 Å². The highest BCUT2D eigenvalue weighted by molar-refractivity contribution is 6.74. The summed E-state index contributed by atoms with van der Waals surface area (Å²) in [5.74, 6) is 0. The minimum Gasteiger partial charge on any atom is -0.413 e. The van der Waals surface area contributed by atoms with E-state index in [0.717, 1.165) is 12.2 Å². The van der Waals surface area contributed by atoms with Gasteiger partial charge in [-0.1, -0.05) is 45.0 Å². The predicted molar refractivity (Wildman–Crippen MR) is 72.9 cm³/mol. The predicted octanol–water partition coefficient (Wildman–Crippen LogP) is 4.39. The van der Waals surface area contributed by atoms with Crippen molar-refractivity contribution in [2.24, 2.45) is 0 Å². The van der Waals surface area contributed by atoms with E-state index in [1.54, 1.807) is 0 Å². The van der Waals surface area contributed by atoms with Crippen molar-refractivity contribution in [3.8, 4) is 0 Å². The van der Waals surface area contributed by atoms with Crippen molar-refractivity contribution >= 4 is 8.32 Å². The molecule has 0 aliphatic carbocycles. The summed E-state index contributed by atoms with van der Waals surface area (Å²) < 4.78 is 6.14. The molecule has 1 aromatic carbocycles. The summed E-state index contributed by atoms with van der Waals surface area (Å²) in [5, 5.41) is 0.277. The van der Waals surface area contributed by atoms with Crippen LogP contribution < -0.4 is 0 Å². The van der Waals surface area contributed by atoms with Gasteiger partial charge in [-0.05, 0) is 36.2 Å². The van der Waals surface area contributed by atoms with Crippen LogP contribution in [0.1, 0.15) is 31.9 Å². The van der Waals surface area contributed by atoms with Crippen molar-refractivity contribution < 1.29 is 4.43 Å². The van der Waals surface area contributed by atoms with Crippen LogP contribution in [-0.4, -0.2) is 8.32 Å². The first-order valence-electron chi connectivity index (χ1n) is 5.77. The molecule has 2 heteroatoms. The molecular formula is C14H23OSi. The molecule has 16 heavy (non-hydrogen) atoms. The van der Waals surface area contributed by atoms with E-state index in [1.165, 1.54) is 5.56 Å². The molecule has 0 bridgehead atoms. The van der Waals surface area contributed by atoms with Gasteiger partial charge in [0.1, 0.15) is 0 Å². The maximum atomic E-state index is 6.14. The fourth-order valence-corrected chi connectivity index (χ4v) is 2.08. The van der Waals surface area contributed by atoms with Crippen molar-refractivity contribution in [1.29, 1.82) is 0 Å². The van der Waals surface area contributed by atoms with Gasteiger partial charge in [-0.3, -0.25) is 0 Å². The minimum atomic E-state index is -1.62. The Balaban J connectivity index is 2.61. The lowest BCUT2D eigenvalue weighted by molar-refractivity contribution is 0.276. The third kappa shape index (κ3) is 3.46. The molecule has 0 amide bonds. The molecule has 0 aliphatic rings. The van der Waals surface area contributed by atoms with Crippen LogP contribution in [0, 0.1) is 6.92 Å². The van der Waals surface area contributed by atoms with E-state index in [1.807, 2.05) is 12.1 Å². The molecule has 0 aliphatic heterocycles. The van der Waals surface area contributed by atoms with Crippen molar-refractivity contribution in [2.75, 3.05) is 0 Å². The number of benzene rings is 1. The largest absolute Gasteiger partial charge is 0.413 e. The Morgan fingerprint density at radius 2 is 1.62 bits per heavy atom. The van der Waals surface area contributed by atoms with Crippen LogP contribution in [0.2, 0.25) is 18.1 Å². The summed E-state index contributed by atoms with van der Waals surface area (Å²) in [4.78, 5) is 0. The SMILES string of the molecule is [CH2]c1ccc(CO[Si](C)(C)C(C)(C)C)cc1. The Bertz CT molecular complexity index is 333. The Labute approximate surface area is 101 Å². The van der Waals surface area contributed by atoms with Crippen molar-refractivity contribution in [1.82, 2.24) is 0 Å². The van der Waals surface area contributed by atoms with Gasteiger partial charge in [0, 0.05) is 0 Å². The van der Waals surface area contributed by atoms with E-state index in [4.69, 9.17) is 4.43 Å². The molecule has 1 radical (unpaired) electrons. The lowest BCUT2D eigenvalue weighted by atomic mass is 10.2. The molecule has 0 saturated carbocycles. The zero-order valence-corrected chi connectivity index (χ0v) is 12.1. The van der Waals surface area contributed by atoms with Gasteiger partial charge in [0.15, 0.2) is 8.32 Å². The highest BCUT2D eigenvalue weighted by atomic mass is 28.4. The first-order chi connectivity index (χ1) is 7.22. The molecule has 0 spiro atoms. The van der Waals surface area contributed by atoms with Crippen LogP contribution in [0.15, 0.2) is 24.3 Å². The summed E-state index contributed by atoms with van der Waals surface area (Å²) in [5.41, 5.74) is 2.29. The quantitative estimate of drug-likeness (QED) is 0.706. The summed E-state index contributed by atoms with van der Waals surface area (Å²) in [6.45, 7) is 15.9. The molecule has 1 rings (SSSR count). The molecule has 0 atom stereocenters. The fraction of sp³-hybridized carbons (Fsp3) is 0.500. The second-order valence-corrected chi connectivity index (χ2v) is 10.7. The first-order valence-corrected chi connectivity index (χ1v) is 8.68. The maximum absolute atomic E-state index is 6.14. The van der Waals surface area contributed by atoms with Crippen LogP contribution >= 0.6 is 0 Å². The lowest BCUT2D eigenvalue weighted by Gasteiger charge is -2.36. The van der Waals surface area contributed by atoms with Gasteiger partial charge in [0.05, 0.1) is 6.61 Å². The van der Waals surface area contributed by atoms with Crippen molar-refractivity contribution in [2.45, 2.75) is 45.5 Å². The van der Waals surface area contributed by atoms with Crippen molar-refractivity contribution in [3.05, 3.63) is 42.3 Å². The standard InChI is InChI=1S/C14H23OSi/c1-12-7-9-13(10-8-12)11-15-16(5,6)14(2,3)4/h7-10H,1,11H2,2-6H3. The Morgan fingerprint density at radius 3 is 2.06 bits per heavy atom. The van der Waals surface area contributed by atoms with E-state index in [0.29, 0.717) is 0 Å². The summed E-state index contributed by atoms with van der Waals surface area (Å²) in [6.07, 6.45) is 0. The van der Waals surface area contributed by atoms with Gasteiger partial charge >= 0.3 is 0 Å². The number of hydrogen-bond donors (Lipinski definition) is 0. The molecule has 0 unspecified atom stereocenters. The maximum Gasteiger partial charge on any atom is 0.192 e. The minimum absolute atomic E-state index is 0.277. The molecule has 1 aromatic rings. The monoisotopic (exact) mass is 235 g/mol. The normalized spacial score (nSPS) is 12.9. The summed E-state index contributed by atoms with van der Waals surface area (Å²) in [7, 11) is -1.62. The van der Waals surface area contributed by atoms with Crippen LogP contribution in [0.3, 0.4) is 0 Å². The average Bonchev–Trinajstić information content (AvgIpc) is 2.15. The Morgan fingerprint density at radius 1 is 1.12 bits per heavy atom. The molecule has 0 fully saturated rings. The Hall–Kier alpha value is -0.603. The highest BCUT2D eigenvalue weighted by Gasteiger charge is 2.36. The molecule has 0 N–H and O–H groups in total. The van der Waals surface area contributed by atoms with Crippen LogP contribution in [0.5, 0.6) is 0 Å². The third-order valence-electron chi connectivity index (χ3n) is 3.43. The number of rotatable bonds is 3. The topological polar surface area (TPSA) is 9.23 Å². The summed E-state index contributed by atoms with van der Waals surface area (Å²) >= 11 is 0. The van der Waals surface area contributed by atoms with E-state index >= 15 is 0 Å². The van der Waals surface area contributed by atoms with E-state index in [9.17, 15) is 0 Å². The number of hydrogen-bond acceptors (Lipinski definition) is 1. The second kappa shape index (κ2) is 4.72. The zero-order chi connectivity index (χ0) is 12.4. The van der Waals surface area contributed by atoms with Gasteiger partial charge < -0.3 is 4.43 Å². The average molecular weight is 235 g/mol.